The fourth-order valence-electron chi connectivity index (χ4n) is 2.44. The first-order valence-corrected chi connectivity index (χ1v) is 6.78. The molecule has 2 aromatic rings. The third kappa shape index (κ3) is 3.42. The highest BCUT2D eigenvalue weighted by molar-refractivity contribution is 5.24. The molecule has 0 heterocycles. The van der Waals surface area contributed by atoms with Gasteiger partial charge >= 0.3 is 0 Å². The summed E-state index contributed by atoms with van der Waals surface area (Å²) in [6.07, 6.45) is 0.526. The molecule has 2 atom stereocenters. The molecule has 0 spiro atoms. The molecule has 0 amide bonds. The van der Waals surface area contributed by atoms with E-state index in [-0.39, 0.29) is 12.0 Å². The van der Waals surface area contributed by atoms with Crippen LogP contribution in [0, 0.1) is 11.6 Å². The Morgan fingerprint density at radius 1 is 1.05 bits per heavy atom. The topological polar surface area (TPSA) is 12.0 Å². The van der Waals surface area contributed by atoms with Crippen molar-refractivity contribution < 1.29 is 8.78 Å². The fourth-order valence-corrected chi connectivity index (χ4v) is 2.44. The lowest BCUT2D eigenvalue weighted by molar-refractivity contribution is 0.470. The van der Waals surface area contributed by atoms with Gasteiger partial charge in [0, 0.05) is 12.1 Å². The van der Waals surface area contributed by atoms with Crippen LogP contribution >= 0.6 is 0 Å². The Bertz CT molecular complexity index is 554. The van der Waals surface area contributed by atoms with Gasteiger partial charge in [0.15, 0.2) is 0 Å². The van der Waals surface area contributed by atoms with Crippen LogP contribution in [0.4, 0.5) is 8.78 Å². The summed E-state index contributed by atoms with van der Waals surface area (Å²) in [5.74, 6) is -0.778. The quantitative estimate of drug-likeness (QED) is 0.872. The molecule has 2 rings (SSSR count). The number of benzene rings is 2. The molecule has 0 fully saturated rings. The number of hydrogen-bond donors (Lipinski definition) is 1. The van der Waals surface area contributed by atoms with E-state index in [2.05, 4.69) is 24.4 Å². The minimum absolute atomic E-state index is 0.0948. The van der Waals surface area contributed by atoms with Gasteiger partial charge in [0.05, 0.1) is 0 Å². The highest BCUT2D eigenvalue weighted by atomic mass is 19.1. The number of hydrogen-bond acceptors (Lipinski definition) is 1. The Morgan fingerprint density at radius 3 is 2.35 bits per heavy atom. The van der Waals surface area contributed by atoms with Crippen LogP contribution in [0.5, 0.6) is 0 Å². The van der Waals surface area contributed by atoms with Gasteiger partial charge in [0.25, 0.3) is 0 Å². The monoisotopic (exact) mass is 275 g/mol. The van der Waals surface area contributed by atoms with Gasteiger partial charge in [-0.15, -0.1) is 0 Å². The average molecular weight is 275 g/mol. The van der Waals surface area contributed by atoms with Gasteiger partial charge in [-0.3, -0.25) is 0 Å². The van der Waals surface area contributed by atoms with E-state index in [9.17, 15) is 8.78 Å². The number of rotatable bonds is 5. The van der Waals surface area contributed by atoms with Gasteiger partial charge in [-0.1, -0.05) is 43.3 Å². The molecule has 0 saturated heterocycles. The molecule has 1 nitrogen and oxygen atoms in total. The predicted octanol–water partition coefficient (Wildman–Crippen LogP) is 3.90. The molecule has 0 bridgehead atoms. The first-order chi connectivity index (χ1) is 9.61. The third-order valence-corrected chi connectivity index (χ3v) is 3.75. The Balaban J connectivity index is 2.16. The largest absolute Gasteiger partial charge is 0.316 e. The number of likely N-dealkylation sites (N-methyl/N-ethyl adjacent to an activating group) is 1. The molecule has 1 N–H and O–H groups in total. The third-order valence-electron chi connectivity index (χ3n) is 3.75. The van der Waals surface area contributed by atoms with Gasteiger partial charge in [-0.2, -0.15) is 0 Å². The van der Waals surface area contributed by atoms with Crippen LogP contribution in [-0.2, 0) is 6.42 Å². The standard InChI is InChI=1S/C17H19F2N/c1-12(13-6-4-3-5-7-13)17(20-2)10-14-8-9-15(18)11-16(14)19/h3-9,11-12,17,20H,10H2,1-2H3. The zero-order chi connectivity index (χ0) is 14.5. The lowest BCUT2D eigenvalue weighted by Crippen LogP contribution is -2.33. The average Bonchev–Trinajstić information content (AvgIpc) is 2.47. The van der Waals surface area contributed by atoms with E-state index in [1.807, 2.05) is 25.2 Å². The maximum atomic E-state index is 13.7. The van der Waals surface area contributed by atoms with Crippen molar-refractivity contribution >= 4 is 0 Å². The summed E-state index contributed by atoms with van der Waals surface area (Å²) in [4.78, 5) is 0. The molecule has 0 aromatic heterocycles. The SMILES string of the molecule is CNC(Cc1ccc(F)cc1F)C(C)c1ccccc1. The molecule has 0 aliphatic heterocycles. The highest BCUT2D eigenvalue weighted by Crippen LogP contribution is 2.22. The zero-order valence-electron chi connectivity index (χ0n) is 11.7. The van der Waals surface area contributed by atoms with E-state index in [1.165, 1.54) is 17.7 Å². The van der Waals surface area contributed by atoms with E-state index < -0.39 is 11.6 Å². The van der Waals surface area contributed by atoms with Gasteiger partial charge in [0.1, 0.15) is 11.6 Å². The predicted molar refractivity (Wildman–Crippen MR) is 77.8 cm³/mol. The van der Waals surface area contributed by atoms with E-state index in [4.69, 9.17) is 0 Å². The second-order valence-corrected chi connectivity index (χ2v) is 5.03. The van der Waals surface area contributed by atoms with Crippen LogP contribution in [0.3, 0.4) is 0 Å². The van der Waals surface area contributed by atoms with E-state index in [0.29, 0.717) is 12.0 Å². The first kappa shape index (κ1) is 14.7. The normalized spacial score (nSPS) is 14.0. The van der Waals surface area contributed by atoms with Crippen LogP contribution in [0.25, 0.3) is 0 Å². The Morgan fingerprint density at radius 2 is 1.75 bits per heavy atom. The highest BCUT2D eigenvalue weighted by Gasteiger charge is 2.19. The molecule has 0 aliphatic carbocycles. The Labute approximate surface area is 118 Å². The summed E-state index contributed by atoms with van der Waals surface area (Å²) in [5.41, 5.74) is 1.74. The molecule has 0 saturated carbocycles. The van der Waals surface area contributed by atoms with Crippen molar-refractivity contribution in [3.63, 3.8) is 0 Å². The van der Waals surface area contributed by atoms with Crippen molar-refractivity contribution in [2.24, 2.45) is 0 Å². The van der Waals surface area contributed by atoms with Crippen LogP contribution in [0.15, 0.2) is 48.5 Å². The van der Waals surface area contributed by atoms with Crippen LogP contribution in [0.2, 0.25) is 0 Å². The van der Waals surface area contributed by atoms with Crippen LogP contribution in [-0.4, -0.2) is 13.1 Å². The molecule has 0 aliphatic rings. The summed E-state index contributed by atoms with van der Waals surface area (Å²) in [5, 5.41) is 3.23. The smallest absolute Gasteiger partial charge is 0.129 e. The van der Waals surface area contributed by atoms with Crippen molar-refractivity contribution in [2.75, 3.05) is 7.05 Å². The molecular weight excluding hydrogens is 256 g/mol. The lowest BCUT2D eigenvalue weighted by atomic mass is 9.89. The van der Waals surface area contributed by atoms with Gasteiger partial charge < -0.3 is 5.32 Å². The van der Waals surface area contributed by atoms with Crippen LogP contribution in [0.1, 0.15) is 24.0 Å². The summed E-state index contributed by atoms with van der Waals surface area (Å²) in [6.45, 7) is 2.11. The first-order valence-electron chi connectivity index (χ1n) is 6.78. The maximum absolute atomic E-state index is 13.7. The molecule has 3 heteroatoms. The van der Waals surface area contributed by atoms with E-state index >= 15 is 0 Å². The Hall–Kier alpha value is -1.74. The lowest BCUT2D eigenvalue weighted by Gasteiger charge is -2.24. The maximum Gasteiger partial charge on any atom is 0.129 e. The molecular formula is C17H19F2N. The van der Waals surface area contributed by atoms with Crippen molar-refractivity contribution in [2.45, 2.75) is 25.3 Å². The zero-order valence-corrected chi connectivity index (χ0v) is 11.7. The molecule has 20 heavy (non-hydrogen) atoms. The summed E-state index contributed by atoms with van der Waals surface area (Å²) >= 11 is 0. The van der Waals surface area contributed by atoms with Crippen LogP contribution < -0.4 is 5.32 Å². The van der Waals surface area contributed by atoms with Gasteiger partial charge in [-0.25, -0.2) is 8.78 Å². The second kappa shape index (κ2) is 6.62. The molecule has 2 aromatic carbocycles. The second-order valence-electron chi connectivity index (χ2n) is 5.03. The van der Waals surface area contributed by atoms with Crippen molar-refractivity contribution in [1.82, 2.24) is 5.32 Å². The summed E-state index contributed by atoms with van der Waals surface area (Å²) < 4.78 is 26.7. The number of nitrogens with one attached hydrogen (secondary N) is 1. The summed E-state index contributed by atoms with van der Waals surface area (Å²) in [7, 11) is 1.87. The van der Waals surface area contributed by atoms with Crippen molar-refractivity contribution in [3.8, 4) is 0 Å². The van der Waals surface area contributed by atoms with E-state index in [0.717, 1.165) is 6.07 Å². The molecule has 0 radical (unpaired) electrons. The van der Waals surface area contributed by atoms with Crippen molar-refractivity contribution in [3.05, 3.63) is 71.3 Å². The Kier molecular flexibility index (Phi) is 4.85. The molecule has 106 valence electrons. The minimum Gasteiger partial charge on any atom is -0.316 e. The molecule has 2 unspecified atom stereocenters. The van der Waals surface area contributed by atoms with E-state index in [1.54, 1.807) is 0 Å². The minimum atomic E-state index is -0.539. The summed E-state index contributed by atoms with van der Waals surface area (Å²) in [6, 6.07) is 14.0. The van der Waals surface area contributed by atoms with Gasteiger partial charge in [0.2, 0.25) is 0 Å². The number of halogens is 2. The van der Waals surface area contributed by atoms with Crippen molar-refractivity contribution in [1.29, 1.82) is 0 Å². The fraction of sp³-hybridized carbons (Fsp3) is 0.294. The van der Waals surface area contributed by atoms with Gasteiger partial charge in [-0.05, 0) is 36.6 Å².